The Bertz CT molecular complexity index is 340. The van der Waals surface area contributed by atoms with Gasteiger partial charge >= 0.3 is 0 Å². The fourth-order valence-electron chi connectivity index (χ4n) is 1.96. The number of aryl methyl sites for hydroxylation is 1. The highest BCUT2D eigenvalue weighted by Crippen LogP contribution is 2.31. The third kappa shape index (κ3) is 2.47. The molecular formula is C12H17NOS. The standard InChI is InChI=1S/C12H17NOS/c1-15-7-6-14-10-3-4-11-9(8-10)2-5-12(11)13/h3-4,8,12H,2,5-7,13H2,1H3/t12-/m0/s1. The van der Waals surface area contributed by atoms with Crippen molar-refractivity contribution < 1.29 is 4.74 Å². The van der Waals surface area contributed by atoms with Gasteiger partial charge < -0.3 is 10.5 Å². The second-order valence-electron chi connectivity index (χ2n) is 3.85. The minimum absolute atomic E-state index is 0.236. The van der Waals surface area contributed by atoms with Crippen LogP contribution < -0.4 is 10.5 Å². The molecule has 0 aliphatic heterocycles. The molecule has 1 aromatic carbocycles. The second kappa shape index (κ2) is 4.90. The number of benzene rings is 1. The van der Waals surface area contributed by atoms with Crippen molar-refractivity contribution in [3.8, 4) is 5.75 Å². The van der Waals surface area contributed by atoms with E-state index < -0.39 is 0 Å². The average molecular weight is 223 g/mol. The highest BCUT2D eigenvalue weighted by molar-refractivity contribution is 7.98. The summed E-state index contributed by atoms with van der Waals surface area (Å²) in [7, 11) is 0. The third-order valence-corrected chi connectivity index (χ3v) is 3.37. The highest BCUT2D eigenvalue weighted by Gasteiger charge is 2.18. The van der Waals surface area contributed by atoms with Gasteiger partial charge in [-0.15, -0.1) is 0 Å². The lowest BCUT2D eigenvalue weighted by Crippen LogP contribution is -2.05. The smallest absolute Gasteiger partial charge is 0.119 e. The second-order valence-corrected chi connectivity index (χ2v) is 4.83. The Morgan fingerprint density at radius 2 is 2.40 bits per heavy atom. The Kier molecular flexibility index (Phi) is 3.54. The van der Waals surface area contributed by atoms with Crippen molar-refractivity contribution in [2.24, 2.45) is 5.73 Å². The van der Waals surface area contributed by atoms with Crippen LogP contribution in [0.3, 0.4) is 0 Å². The van der Waals surface area contributed by atoms with E-state index in [9.17, 15) is 0 Å². The molecule has 1 aliphatic rings. The van der Waals surface area contributed by atoms with Crippen LogP contribution in [0.5, 0.6) is 5.75 Å². The Morgan fingerprint density at radius 1 is 1.53 bits per heavy atom. The van der Waals surface area contributed by atoms with E-state index in [1.807, 2.05) is 6.07 Å². The zero-order valence-corrected chi connectivity index (χ0v) is 9.85. The van der Waals surface area contributed by atoms with Crippen molar-refractivity contribution in [2.75, 3.05) is 18.6 Å². The Hall–Kier alpha value is -0.670. The molecule has 0 saturated heterocycles. The summed E-state index contributed by atoms with van der Waals surface area (Å²) >= 11 is 1.80. The molecule has 82 valence electrons. The number of rotatable bonds is 4. The normalized spacial score (nSPS) is 18.9. The Labute approximate surface area is 95.2 Å². The van der Waals surface area contributed by atoms with E-state index >= 15 is 0 Å². The van der Waals surface area contributed by atoms with Gasteiger partial charge in [-0.2, -0.15) is 11.8 Å². The van der Waals surface area contributed by atoms with Crippen LogP contribution in [0, 0.1) is 0 Å². The van der Waals surface area contributed by atoms with Crippen molar-refractivity contribution in [3.05, 3.63) is 29.3 Å². The maximum absolute atomic E-state index is 5.97. The Balaban J connectivity index is 2.03. The van der Waals surface area contributed by atoms with Crippen LogP contribution in [0.2, 0.25) is 0 Å². The SMILES string of the molecule is CSCCOc1ccc2c(c1)CC[C@@H]2N. The molecule has 0 heterocycles. The van der Waals surface area contributed by atoms with Gasteiger partial charge in [-0.3, -0.25) is 0 Å². The molecule has 0 unspecified atom stereocenters. The van der Waals surface area contributed by atoms with E-state index in [4.69, 9.17) is 10.5 Å². The predicted octanol–water partition coefficient (Wildman–Crippen LogP) is 2.37. The number of hydrogen-bond acceptors (Lipinski definition) is 3. The summed E-state index contributed by atoms with van der Waals surface area (Å²) in [4.78, 5) is 0. The first kappa shape index (κ1) is 10.8. The molecule has 0 radical (unpaired) electrons. The van der Waals surface area contributed by atoms with Crippen LogP contribution >= 0.6 is 11.8 Å². The molecule has 0 saturated carbocycles. The van der Waals surface area contributed by atoms with E-state index in [0.29, 0.717) is 0 Å². The molecular weight excluding hydrogens is 206 g/mol. The van der Waals surface area contributed by atoms with E-state index in [0.717, 1.165) is 31.0 Å². The minimum atomic E-state index is 0.236. The predicted molar refractivity (Wildman–Crippen MR) is 65.6 cm³/mol. The van der Waals surface area contributed by atoms with Crippen molar-refractivity contribution in [3.63, 3.8) is 0 Å². The van der Waals surface area contributed by atoms with E-state index in [1.165, 1.54) is 11.1 Å². The zero-order valence-electron chi connectivity index (χ0n) is 9.03. The fraction of sp³-hybridized carbons (Fsp3) is 0.500. The van der Waals surface area contributed by atoms with Gasteiger partial charge in [-0.1, -0.05) is 6.07 Å². The fourth-order valence-corrected chi connectivity index (χ4v) is 2.21. The first-order chi connectivity index (χ1) is 7.31. The summed E-state index contributed by atoms with van der Waals surface area (Å²) < 4.78 is 5.65. The van der Waals surface area contributed by atoms with Gasteiger partial charge in [0.25, 0.3) is 0 Å². The van der Waals surface area contributed by atoms with E-state index in [2.05, 4.69) is 18.4 Å². The van der Waals surface area contributed by atoms with Crippen molar-refractivity contribution in [2.45, 2.75) is 18.9 Å². The monoisotopic (exact) mass is 223 g/mol. The quantitative estimate of drug-likeness (QED) is 0.796. The molecule has 0 fully saturated rings. The number of hydrogen-bond donors (Lipinski definition) is 1. The molecule has 2 nitrogen and oxygen atoms in total. The van der Waals surface area contributed by atoms with Gasteiger partial charge in [0, 0.05) is 11.8 Å². The lowest BCUT2D eigenvalue weighted by atomic mass is 10.1. The molecule has 3 heteroatoms. The van der Waals surface area contributed by atoms with Gasteiger partial charge in [0.2, 0.25) is 0 Å². The third-order valence-electron chi connectivity index (χ3n) is 2.79. The molecule has 0 spiro atoms. The van der Waals surface area contributed by atoms with E-state index in [1.54, 1.807) is 11.8 Å². The van der Waals surface area contributed by atoms with Crippen LogP contribution in [0.4, 0.5) is 0 Å². The van der Waals surface area contributed by atoms with Gasteiger partial charge in [-0.25, -0.2) is 0 Å². The summed E-state index contributed by atoms with van der Waals surface area (Å²) in [6, 6.07) is 6.52. The molecule has 0 aromatic heterocycles. The van der Waals surface area contributed by atoms with Crippen LogP contribution in [0.25, 0.3) is 0 Å². The van der Waals surface area contributed by atoms with Crippen LogP contribution in [-0.2, 0) is 6.42 Å². The van der Waals surface area contributed by atoms with Crippen LogP contribution in [0.15, 0.2) is 18.2 Å². The number of fused-ring (bicyclic) bond motifs is 1. The summed E-state index contributed by atoms with van der Waals surface area (Å²) in [5, 5.41) is 0. The van der Waals surface area contributed by atoms with E-state index in [-0.39, 0.29) is 6.04 Å². The molecule has 1 aliphatic carbocycles. The van der Waals surface area contributed by atoms with Crippen molar-refractivity contribution in [1.29, 1.82) is 0 Å². The zero-order chi connectivity index (χ0) is 10.7. The molecule has 1 atom stereocenters. The van der Waals surface area contributed by atoms with Gasteiger partial charge in [-0.05, 0) is 42.4 Å². The maximum atomic E-state index is 5.97. The lowest BCUT2D eigenvalue weighted by Gasteiger charge is -2.08. The first-order valence-electron chi connectivity index (χ1n) is 5.31. The first-order valence-corrected chi connectivity index (χ1v) is 6.71. The minimum Gasteiger partial charge on any atom is -0.493 e. The highest BCUT2D eigenvalue weighted by atomic mass is 32.2. The summed E-state index contributed by atoms with van der Waals surface area (Å²) in [5.74, 6) is 2.02. The topological polar surface area (TPSA) is 35.2 Å². The van der Waals surface area contributed by atoms with Gasteiger partial charge in [0.15, 0.2) is 0 Å². The van der Waals surface area contributed by atoms with Crippen molar-refractivity contribution in [1.82, 2.24) is 0 Å². The summed E-state index contributed by atoms with van der Waals surface area (Å²) in [5.41, 5.74) is 8.64. The van der Waals surface area contributed by atoms with Crippen molar-refractivity contribution >= 4 is 11.8 Å². The van der Waals surface area contributed by atoms with Crippen LogP contribution in [0.1, 0.15) is 23.6 Å². The average Bonchev–Trinajstić information content (AvgIpc) is 2.61. The number of ether oxygens (including phenoxy) is 1. The molecule has 2 rings (SSSR count). The number of thioether (sulfide) groups is 1. The molecule has 0 amide bonds. The largest absolute Gasteiger partial charge is 0.493 e. The summed E-state index contributed by atoms with van der Waals surface area (Å²) in [6.45, 7) is 0.784. The van der Waals surface area contributed by atoms with Gasteiger partial charge in [0.1, 0.15) is 5.75 Å². The molecule has 0 bridgehead atoms. The Morgan fingerprint density at radius 3 is 3.20 bits per heavy atom. The maximum Gasteiger partial charge on any atom is 0.119 e. The molecule has 15 heavy (non-hydrogen) atoms. The molecule has 1 aromatic rings. The lowest BCUT2D eigenvalue weighted by molar-refractivity contribution is 0.343. The van der Waals surface area contributed by atoms with Crippen LogP contribution in [-0.4, -0.2) is 18.6 Å². The number of nitrogens with two attached hydrogens (primary N) is 1. The summed E-state index contributed by atoms with van der Waals surface area (Å²) in [6.07, 6.45) is 4.25. The molecule has 2 N–H and O–H groups in total. The van der Waals surface area contributed by atoms with Gasteiger partial charge in [0.05, 0.1) is 6.61 Å².